The summed E-state index contributed by atoms with van der Waals surface area (Å²) in [5, 5.41) is -4.15. The first-order chi connectivity index (χ1) is 10.6. The molecule has 0 N–H and O–H groups in total. The summed E-state index contributed by atoms with van der Waals surface area (Å²) >= 11 is 0. The maximum atomic E-state index is 12.8. The smallest absolute Gasteiger partial charge is 0.261 e. The van der Waals surface area contributed by atoms with E-state index in [1.54, 1.807) is 0 Å². The summed E-state index contributed by atoms with van der Waals surface area (Å²) in [5.41, 5.74) is 0. The third kappa shape index (κ3) is 3.87. The van der Waals surface area contributed by atoms with E-state index < -0.39 is 47.6 Å². The van der Waals surface area contributed by atoms with Gasteiger partial charge in [0.2, 0.25) is 0 Å². The molecule has 0 saturated heterocycles. The van der Waals surface area contributed by atoms with Crippen LogP contribution in [-0.4, -0.2) is 47.6 Å². The highest BCUT2D eigenvalue weighted by molar-refractivity contribution is 5.77. The highest BCUT2D eigenvalue weighted by Gasteiger charge is 2.83. The maximum Gasteiger partial charge on any atom is 0.492 e. The van der Waals surface area contributed by atoms with Crippen molar-refractivity contribution in [3.8, 4) is 0 Å². The van der Waals surface area contributed by atoms with E-state index >= 15 is 0 Å². The lowest BCUT2D eigenvalue weighted by Gasteiger charge is -2.36. The molecule has 0 aromatic carbocycles. The summed E-state index contributed by atoms with van der Waals surface area (Å²) in [5.74, 6) is -14.9. The van der Waals surface area contributed by atoms with Gasteiger partial charge < -0.3 is 0 Å². The number of hydrogen-bond donors (Lipinski definition) is 0. The molecule has 0 amide bonds. The number of halogens is 15. The first-order valence-corrected chi connectivity index (χ1v) is 4.87. The van der Waals surface area contributed by atoms with Gasteiger partial charge in [0, 0.05) is 5.12 Å². The molecule has 0 fully saturated rings. The van der Waals surface area contributed by atoms with Gasteiger partial charge in [-0.25, -0.2) is 0 Å². The normalized spacial score (nSPS) is 17.6. The molecule has 1 atom stereocenters. The molecule has 0 aromatic heterocycles. The molecule has 0 saturated carbocycles. The van der Waals surface area contributed by atoms with E-state index in [0.717, 1.165) is 0 Å². The predicted octanol–water partition coefficient (Wildman–Crippen LogP) is 4.25. The zero-order valence-electron chi connectivity index (χ0n) is 10.4. The van der Waals surface area contributed by atoms with Crippen molar-refractivity contribution in [1.29, 1.82) is 0 Å². The molecule has 150 valence electrons. The van der Waals surface area contributed by atoms with Gasteiger partial charge in [-0.1, -0.05) is 0 Å². The summed E-state index contributed by atoms with van der Waals surface area (Å²) in [6.07, 6.45) is -22.0. The van der Waals surface area contributed by atoms with Crippen molar-refractivity contribution in [2.24, 2.45) is 0 Å². The lowest BCUT2D eigenvalue weighted by atomic mass is 10.2. The molecule has 18 heteroatoms. The molecule has 0 spiro atoms. The van der Waals surface area contributed by atoms with Gasteiger partial charge in [-0.3, -0.25) is 9.53 Å². The number of alkyl halides is 13. The summed E-state index contributed by atoms with van der Waals surface area (Å²) in [4.78, 5) is 9.74. The lowest BCUT2D eigenvalue weighted by Crippen LogP contribution is -2.66. The average Bonchev–Trinajstić information content (AvgIpc) is 2.33. The van der Waals surface area contributed by atoms with Gasteiger partial charge in [-0.05, 0) is 0 Å². The minimum absolute atomic E-state index is 1.43. The first-order valence-electron chi connectivity index (χ1n) is 4.87. The highest BCUT2D eigenvalue weighted by Crippen LogP contribution is 2.53. The number of carbonyl (C=O) groups excluding carboxylic acids is 1. The Balaban J connectivity index is 6.10. The van der Waals surface area contributed by atoms with E-state index in [1.165, 1.54) is 4.74 Å². The molecule has 0 aliphatic rings. The Kier molecular flexibility index (Phi) is 5.71. The fourth-order valence-electron chi connectivity index (χ4n) is 0.908. The topological polar surface area (TPSA) is 29.5 Å². The third-order valence-electron chi connectivity index (χ3n) is 2.10. The zero-order chi connectivity index (χ0) is 20.9. The van der Waals surface area contributed by atoms with E-state index in [0.29, 0.717) is 0 Å². The highest BCUT2D eigenvalue weighted by atomic mass is 19.4. The van der Waals surface area contributed by atoms with Crippen LogP contribution in [0.4, 0.5) is 65.9 Å². The second kappa shape index (κ2) is 6.06. The molecular weight excluding hydrogens is 415 g/mol. The predicted molar refractivity (Wildman–Crippen MR) is 40.9 cm³/mol. The van der Waals surface area contributed by atoms with Crippen molar-refractivity contribution in [3.05, 3.63) is 0 Å². The molecular formula is C7F15NO2. The number of rotatable bonds is 6. The van der Waals surface area contributed by atoms with E-state index in [4.69, 9.17) is 0 Å². The van der Waals surface area contributed by atoms with Crippen molar-refractivity contribution in [2.45, 2.75) is 36.4 Å². The Labute approximate surface area is 124 Å². The number of ether oxygens (including phenoxy) is 1. The lowest BCUT2D eigenvalue weighted by molar-refractivity contribution is -0.507. The number of hydrogen-bond acceptors (Lipinski definition) is 3. The standard InChI is InChI=1S/C7F15NO2/c8-1(24)2(9,4(12,13)14)25-6(17,18)3(10,11)5(15,16)23(22)7(19,20)21. The minimum atomic E-state index is -7.89. The second-order valence-corrected chi connectivity index (χ2v) is 3.85. The van der Waals surface area contributed by atoms with Crippen LogP contribution in [-0.2, 0) is 9.53 Å². The molecule has 0 aliphatic carbocycles. The van der Waals surface area contributed by atoms with Crippen molar-refractivity contribution in [2.75, 3.05) is 0 Å². The molecule has 0 aliphatic heterocycles. The van der Waals surface area contributed by atoms with E-state index in [-0.39, 0.29) is 0 Å². The van der Waals surface area contributed by atoms with Crippen LogP contribution in [0.5, 0.6) is 0 Å². The van der Waals surface area contributed by atoms with Crippen LogP contribution in [0, 0.1) is 0 Å². The van der Waals surface area contributed by atoms with Gasteiger partial charge in [0.05, 0.1) is 0 Å². The Bertz CT molecular complexity index is 509. The minimum Gasteiger partial charge on any atom is -0.261 e. The SMILES string of the molecule is O=C(F)C(F)(OC(F)(F)C(F)(F)C(F)(F)N(F)C(F)(F)F)C(F)(F)F. The van der Waals surface area contributed by atoms with Gasteiger partial charge >= 0.3 is 42.4 Å². The molecule has 0 heterocycles. The van der Waals surface area contributed by atoms with Crippen LogP contribution in [0.15, 0.2) is 0 Å². The van der Waals surface area contributed by atoms with Crippen LogP contribution < -0.4 is 0 Å². The summed E-state index contributed by atoms with van der Waals surface area (Å²) in [6.45, 7) is 0. The Morgan fingerprint density at radius 2 is 1.12 bits per heavy atom. The molecule has 0 bridgehead atoms. The largest absolute Gasteiger partial charge is 0.492 e. The van der Waals surface area contributed by atoms with Crippen molar-refractivity contribution >= 4 is 6.04 Å². The fourth-order valence-corrected chi connectivity index (χ4v) is 0.908. The van der Waals surface area contributed by atoms with Crippen LogP contribution in [0.3, 0.4) is 0 Å². The number of carbonyl (C=O) groups is 1. The van der Waals surface area contributed by atoms with Gasteiger partial charge in [0.25, 0.3) is 0 Å². The fraction of sp³-hybridized carbons (Fsp3) is 0.857. The van der Waals surface area contributed by atoms with E-state index in [2.05, 4.69) is 0 Å². The van der Waals surface area contributed by atoms with Crippen LogP contribution in [0.25, 0.3) is 0 Å². The van der Waals surface area contributed by atoms with Crippen molar-refractivity contribution in [3.63, 3.8) is 0 Å². The van der Waals surface area contributed by atoms with Crippen LogP contribution in [0.2, 0.25) is 0 Å². The van der Waals surface area contributed by atoms with E-state index in [1.807, 2.05) is 0 Å². The molecule has 25 heavy (non-hydrogen) atoms. The van der Waals surface area contributed by atoms with Gasteiger partial charge in [-0.15, -0.1) is 4.48 Å². The molecule has 0 aromatic rings. The molecule has 0 radical (unpaired) electrons. The van der Waals surface area contributed by atoms with Gasteiger partial charge in [0.15, 0.2) is 0 Å². The van der Waals surface area contributed by atoms with Crippen molar-refractivity contribution in [1.82, 2.24) is 5.12 Å². The summed E-state index contributed by atoms with van der Waals surface area (Å²) < 4.78 is 185. The van der Waals surface area contributed by atoms with Gasteiger partial charge in [0.1, 0.15) is 0 Å². The molecule has 3 nitrogen and oxygen atoms in total. The Morgan fingerprint density at radius 3 is 1.36 bits per heavy atom. The van der Waals surface area contributed by atoms with Crippen LogP contribution >= 0.6 is 0 Å². The Hall–Kier alpha value is -1.46. The number of nitrogens with zero attached hydrogens (tertiary/aromatic N) is 1. The zero-order valence-corrected chi connectivity index (χ0v) is 10.4. The van der Waals surface area contributed by atoms with Gasteiger partial charge in [-0.2, -0.15) is 61.5 Å². The van der Waals surface area contributed by atoms with Crippen LogP contribution in [0.1, 0.15) is 0 Å². The first kappa shape index (κ1) is 23.5. The Morgan fingerprint density at radius 1 is 0.760 bits per heavy atom. The van der Waals surface area contributed by atoms with E-state index in [9.17, 15) is 70.7 Å². The third-order valence-corrected chi connectivity index (χ3v) is 2.10. The van der Waals surface area contributed by atoms with Crippen molar-refractivity contribution < 1.29 is 75.5 Å². The maximum absolute atomic E-state index is 12.8. The average molecular weight is 415 g/mol. The second-order valence-electron chi connectivity index (χ2n) is 3.85. The summed E-state index contributed by atoms with van der Waals surface area (Å²) in [7, 11) is 0. The molecule has 0 rings (SSSR count). The quantitative estimate of drug-likeness (QED) is 0.281. The molecule has 1 unspecified atom stereocenters. The summed E-state index contributed by atoms with van der Waals surface area (Å²) in [6, 6.07) is -12.3. The monoisotopic (exact) mass is 415 g/mol.